The van der Waals surface area contributed by atoms with Crippen LogP contribution >= 0.6 is 0 Å². The summed E-state index contributed by atoms with van der Waals surface area (Å²) in [5, 5.41) is 0. The minimum atomic E-state index is -4.64. The second kappa shape index (κ2) is 4.75. The predicted octanol–water partition coefficient (Wildman–Crippen LogP) is 3.96. The molecule has 0 aromatic heterocycles. The zero-order chi connectivity index (χ0) is 12.3. The van der Waals surface area contributed by atoms with Crippen LogP contribution in [-0.2, 0) is 4.74 Å². The van der Waals surface area contributed by atoms with Crippen LogP contribution in [0.1, 0.15) is 11.5 Å². The van der Waals surface area contributed by atoms with E-state index in [-0.39, 0.29) is 12.0 Å². The van der Waals surface area contributed by atoms with Gasteiger partial charge in [0.15, 0.2) is 6.10 Å². The van der Waals surface area contributed by atoms with Gasteiger partial charge in [0.2, 0.25) is 0 Å². The van der Waals surface area contributed by atoms with Crippen molar-refractivity contribution in [2.45, 2.75) is 12.3 Å². The van der Waals surface area contributed by atoms with E-state index < -0.39 is 6.36 Å². The smallest absolute Gasteiger partial charge is 0.273 e. The molecule has 89 valence electrons. The van der Waals surface area contributed by atoms with Gasteiger partial charge >= 0.3 is 6.36 Å². The zero-order valence-electron chi connectivity index (χ0n) is 8.82. The fourth-order valence-electron chi connectivity index (χ4n) is 1.62. The zero-order valence-corrected chi connectivity index (χ0v) is 8.82. The van der Waals surface area contributed by atoms with Crippen LogP contribution in [0.4, 0.5) is 13.2 Å². The summed E-state index contributed by atoms with van der Waals surface area (Å²) in [5.41, 5.74) is 1.03. The molecule has 0 bridgehead atoms. The van der Waals surface area contributed by atoms with Crippen LogP contribution in [0.3, 0.4) is 0 Å². The SMILES string of the molecule is FC(F)(F)O[C]1C=CC(c2ccccc2)C=C1. The summed E-state index contributed by atoms with van der Waals surface area (Å²) >= 11 is 0. The lowest BCUT2D eigenvalue weighted by atomic mass is 9.94. The molecule has 0 fully saturated rings. The maximum absolute atomic E-state index is 11.9. The molecule has 0 unspecified atom stereocenters. The molecule has 0 saturated heterocycles. The van der Waals surface area contributed by atoms with Crippen molar-refractivity contribution in [2.75, 3.05) is 0 Å². The fourth-order valence-corrected chi connectivity index (χ4v) is 1.62. The van der Waals surface area contributed by atoms with E-state index in [1.54, 1.807) is 12.2 Å². The lowest BCUT2D eigenvalue weighted by molar-refractivity contribution is -0.313. The van der Waals surface area contributed by atoms with Gasteiger partial charge in [0, 0.05) is 5.92 Å². The molecule has 0 spiro atoms. The number of allylic oxidation sites excluding steroid dienone is 2. The average molecular weight is 239 g/mol. The Morgan fingerprint density at radius 1 is 0.941 bits per heavy atom. The Morgan fingerprint density at radius 2 is 1.53 bits per heavy atom. The molecule has 0 amide bonds. The molecule has 1 aromatic carbocycles. The van der Waals surface area contributed by atoms with Crippen molar-refractivity contribution in [3.8, 4) is 0 Å². The van der Waals surface area contributed by atoms with E-state index in [4.69, 9.17) is 0 Å². The Kier molecular flexibility index (Phi) is 3.33. The van der Waals surface area contributed by atoms with Gasteiger partial charge in [-0.15, -0.1) is 13.2 Å². The number of hydrogen-bond acceptors (Lipinski definition) is 1. The average Bonchev–Trinajstić information content (AvgIpc) is 2.29. The molecule has 0 heterocycles. The lowest BCUT2D eigenvalue weighted by Gasteiger charge is -2.17. The number of hydrogen-bond donors (Lipinski definition) is 0. The van der Waals surface area contributed by atoms with Crippen molar-refractivity contribution in [3.63, 3.8) is 0 Å². The van der Waals surface area contributed by atoms with Crippen molar-refractivity contribution < 1.29 is 17.9 Å². The molecule has 2 rings (SSSR count). The van der Waals surface area contributed by atoms with Crippen LogP contribution in [0.25, 0.3) is 0 Å². The highest BCUT2D eigenvalue weighted by Crippen LogP contribution is 2.30. The van der Waals surface area contributed by atoms with Crippen LogP contribution < -0.4 is 0 Å². The van der Waals surface area contributed by atoms with Crippen LogP contribution in [0.2, 0.25) is 0 Å². The minimum absolute atomic E-state index is 0.00298. The molecule has 1 aromatic rings. The van der Waals surface area contributed by atoms with Crippen LogP contribution in [-0.4, -0.2) is 6.36 Å². The van der Waals surface area contributed by atoms with Crippen LogP contribution in [0.5, 0.6) is 0 Å². The maximum atomic E-state index is 11.9. The van der Waals surface area contributed by atoms with Gasteiger partial charge < -0.3 is 0 Å². The van der Waals surface area contributed by atoms with Crippen molar-refractivity contribution in [1.82, 2.24) is 0 Å². The highest BCUT2D eigenvalue weighted by atomic mass is 19.4. The molecule has 1 aliphatic carbocycles. The van der Waals surface area contributed by atoms with E-state index in [1.807, 2.05) is 30.3 Å². The van der Waals surface area contributed by atoms with Crippen molar-refractivity contribution in [1.29, 1.82) is 0 Å². The predicted molar refractivity (Wildman–Crippen MR) is 57.8 cm³/mol. The number of rotatable bonds is 2. The first kappa shape index (κ1) is 11.9. The fraction of sp³-hybridized carbons (Fsp3) is 0.154. The van der Waals surface area contributed by atoms with E-state index in [0.717, 1.165) is 5.56 Å². The minimum Gasteiger partial charge on any atom is -0.273 e. The van der Waals surface area contributed by atoms with E-state index >= 15 is 0 Å². The molecule has 1 radical (unpaired) electrons. The number of benzene rings is 1. The number of ether oxygens (including phenoxy) is 1. The Labute approximate surface area is 97.2 Å². The van der Waals surface area contributed by atoms with Gasteiger partial charge in [-0.2, -0.15) is 0 Å². The van der Waals surface area contributed by atoms with E-state index in [9.17, 15) is 13.2 Å². The van der Waals surface area contributed by atoms with Crippen LogP contribution in [0, 0.1) is 6.10 Å². The molecule has 0 saturated carbocycles. The van der Waals surface area contributed by atoms with Gasteiger partial charge in [-0.25, -0.2) is 0 Å². The molecule has 1 nitrogen and oxygen atoms in total. The maximum Gasteiger partial charge on any atom is 0.523 e. The molecule has 1 aliphatic rings. The third kappa shape index (κ3) is 3.46. The Morgan fingerprint density at radius 3 is 2.06 bits per heavy atom. The van der Waals surface area contributed by atoms with Gasteiger partial charge in [0.05, 0.1) is 0 Å². The van der Waals surface area contributed by atoms with Crippen LogP contribution in [0.15, 0.2) is 54.6 Å². The van der Waals surface area contributed by atoms with Gasteiger partial charge in [0.25, 0.3) is 0 Å². The first-order valence-corrected chi connectivity index (χ1v) is 5.09. The summed E-state index contributed by atoms with van der Waals surface area (Å²) in [5.74, 6) is -0.00298. The van der Waals surface area contributed by atoms with Gasteiger partial charge in [-0.1, -0.05) is 42.5 Å². The number of halogens is 3. The largest absolute Gasteiger partial charge is 0.523 e. The summed E-state index contributed by atoms with van der Waals surface area (Å²) in [6.45, 7) is 0. The van der Waals surface area contributed by atoms with E-state index in [2.05, 4.69) is 4.74 Å². The molecule has 0 aliphatic heterocycles. The summed E-state index contributed by atoms with van der Waals surface area (Å²) in [7, 11) is 0. The second-order valence-electron chi connectivity index (χ2n) is 3.60. The normalized spacial score (nSPS) is 17.6. The Hall–Kier alpha value is -1.55. The summed E-state index contributed by atoms with van der Waals surface area (Å²) in [6, 6.07) is 9.53. The van der Waals surface area contributed by atoms with Gasteiger partial charge in [0.1, 0.15) is 0 Å². The first-order chi connectivity index (χ1) is 8.04. The summed E-state index contributed by atoms with van der Waals surface area (Å²) < 4.78 is 39.7. The van der Waals surface area contributed by atoms with Crippen molar-refractivity contribution in [3.05, 3.63) is 66.3 Å². The van der Waals surface area contributed by atoms with E-state index in [1.165, 1.54) is 12.2 Å². The molecule has 0 atom stereocenters. The monoisotopic (exact) mass is 239 g/mol. The van der Waals surface area contributed by atoms with Crippen molar-refractivity contribution >= 4 is 0 Å². The Bertz CT molecular complexity index is 406. The quantitative estimate of drug-likeness (QED) is 0.758. The first-order valence-electron chi connectivity index (χ1n) is 5.09. The van der Waals surface area contributed by atoms with Crippen molar-refractivity contribution in [2.24, 2.45) is 0 Å². The number of alkyl halides is 3. The third-order valence-corrected chi connectivity index (χ3v) is 2.35. The van der Waals surface area contributed by atoms with Gasteiger partial charge in [-0.05, 0) is 17.7 Å². The lowest BCUT2D eigenvalue weighted by Crippen LogP contribution is -2.16. The third-order valence-electron chi connectivity index (χ3n) is 2.35. The molecule has 0 N–H and O–H groups in total. The van der Waals surface area contributed by atoms with E-state index in [0.29, 0.717) is 0 Å². The molecule has 17 heavy (non-hydrogen) atoms. The molecular weight excluding hydrogens is 229 g/mol. The highest BCUT2D eigenvalue weighted by molar-refractivity contribution is 5.36. The second-order valence-corrected chi connectivity index (χ2v) is 3.60. The standard InChI is InChI=1S/C13H10F3O/c14-13(15,16)17-12-8-6-11(7-9-12)10-4-2-1-3-5-10/h1-9,11H. The summed E-state index contributed by atoms with van der Waals surface area (Å²) in [6.07, 6.45) is 1.21. The summed E-state index contributed by atoms with van der Waals surface area (Å²) in [4.78, 5) is 0. The molecule has 4 heteroatoms. The Balaban J connectivity index is 2.01. The highest BCUT2D eigenvalue weighted by Gasteiger charge is 2.33. The topological polar surface area (TPSA) is 9.23 Å². The molecular formula is C13H10F3O. The van der Waals surface area contributed by atoms with Gasteiger partial charge in [-0.3, -0.25) is 4.74 Å².